The molecule has 1 aliphatic rings. The van der Waals surface area contributed by atoms with Crippen molar-refractivity contribution in [2.45, 2.75) is 26.3 Å². The minimum atomic E-state index is -0.0470. The maximum atomic E-state index is 11.7. The Morgan fingerprint density at radius 2 is 2.26 bits per heavy atom. The molecule has 1 aromatic carbocycles. The van der Waals surface area contributed by atoms with Crippen LogP contribution in [0, 0.1) is 0 Å². The van der Waals surface area contributed by atoms with E-state index in [0.29, 0.717) is 0 Å². The number of fused-ring (bicyclic) bond motifs is 1. The van der Waals surface area contributed by atoms with Gasteiger partial charge in [0.2, 0.25) is 5.91 Å². The van der Waals surface area contributed by atoms with E-state index in [1.807, 2.05) is 29.3 Å². The largest absolute Gasteiger partial charge is 0.312 e. The summed E-state index contributed by atoms with van der Waals surface area (Å²) in [5.41, 5.74) is 3.98. The zero-order valence-corrected chi connectivity index (χ0v) is 11.6. The van der Waals surface area contributed by atoms with Crippen LogP contribution in [-0.2, 0) is 11.2 Å². The number of carbonyl (C=O) groups is 1. The molecule has 1 unspecified atom stereocenters. The van der Waals surface area contributed by atoms with Crippen molar-refractivity contribution in [1.29, 1.82) is 0 Å². The topological polar surface area (TPSA) is 53.2 Å². The lowest BCUT2D eigenvalue weighted by atomic mass is 10.1. The summed E-state index contributed by atoms with van der Waals surface area (Å²) in [6.07, 6.45) is 0.858. The van der Waals surface area contributed by atoms with Crippen molar-refractivity contribution in [2.75, 3.05) is 4.90 Å². The Bertz CT molecular complexity index is 701. The molecule has 0 fully saturated rings. The minimum Gasteiger partial charge on any atom is -0.312 e. The van der Waals surface area contributed by atoms with Crippen LogP contribution in [0.15, 0.2) is 28.4 Å². The predicted molar refractivity (Wildman–Crippen MR) is 76.7 cm³/mol. The number of thiazole rings is 1. The van der Waals surface area contributed by atoms with Crippen LogP contribution in [0.25, 0.3) is 11.3 Å². The highest BCUT2D eigenvalue weighted by Crippen LogP contribution is 2.35. The summed E-state index contributed by atoms with van der Waals surface area (Å²) < 4.78 is 0. The Morgan fingerprint density at radius 3 is 2.89 bits per heavy atom. The number of hydrogen-bond acceptors (Lipinski definition) is 3. The molecular weight excluding hydrogens is 260 g/mol. The fourth-order valence-corrected chi connectivity index (χ4v) is 3.29. The van der Waals surface area contributed by atoms with Crippen LogP contribution in [-0.4, -0.2) is 16.9 Å². The summed E-state index contributed by atoms with van der Waals surface area (Å²) in [6, 6.07) is 6.17. The number of aromatic nitrogens is 1. The first kappa shape index (κ1) is 12.2. The van der Waals surface area contributed by atoms with Crippen molar-refractivity contribution in [3.05, 3.63) is 38.8 Å². The molecule has 0 radical (unpaired) electrons. The number of nitrogens with zero attached hydrogens (tertiary/aromatic N) is 1. The molecule has 1 amide bonds. The molecule has 0 bridgehead atoms. The standard InChI is InChI=1S/C14H14N2O2S/c1-8-5-11-6-10(12-7-19-14(18)15-12)3-4-13(11)16(8)9(2)17/h3-4,6-8H,5H2,1-2H3,(H,15,18). The zero-order valence-electron chi connectivity index (χ0n) is 10.8. The SMILES string of the molecule is CC(=O)N1c2ccc(-c3csc(=O)[nH]3)cc2CC1C. The fraction of sp³-hybridized carbons (Fsp3) is 0.286. The fourth-order valence-electron chi connectivity index (χ4n) is 2.70. The second-order valence-corrected chi connectivity index (χ2v) is 5.69. The van der Waals surface area contributed by atoms with Gasteiger partial charge in [0.05, 0.1) is 5.69 Å². The number of rotatable bonds is 1. The highest BCUT2D eigenvalue weighted by atomic mass is 32.1. The highest BCUT2D eigenvalue weighted by Gasteiger charge is 2.28. The van der Waals surface area contributed by atoms with Gasteiger partial charge < -0.3 is 9.88 Å². The van der Waals surface area contributed by atoms with Gasteiger partial charge >= 0.3 is 4.87 Å². The third-order valence-electron chi connectivity index (χ3n) is 3.47. The van der Waals surface area contributed by atoms with Gasteiger partial charge in [-0.15, -0.1) is 0 Å². The smallest absolute Gasteiger partial charge is 0.304 e. The number of aromatic amines is 1. The van der Waals surface area contributed by atoms with Crippen molar-refractivity contribution in [1.82, 2.24) is 4.98 Å². The van der Waals surface area contributed by atoms with Gasteiger partial charge in [0, 0.05) is 24.0 Å². The van der Waals surface area contributed by atoms with Gasteiger partial charge in [-0.25, -0.2) is 0 Å². The quantitative estimate of drug-likeness (QED) is 0.868. The molecule has 2 heterocycles. The molecule has 2 aromatic rings. The third kappa shape index (κ3) is 2.00. The summed E-state index contributed by atoms with van der Waals surface area (Å²) >= 11 is 1.16. The lowest BCUT2D eigenvalue weighted by molar-refractivity contribution is -0.116. The van der Waals surface area contributed by atoms with Gasteiger partial charge in [-0.1, -0.05) is 17.4 Å². The van der Waals surface area contributed by atoms with Crippen LogP contribution in [0.3, 0.4) is 0 Å². The van der Waals surface area contributed by atoms with Crippen LogP contribution in [0.4, 0.5) is 5.69 Å². The number of anilines is 1. The molecule has 1 aliphatic heterocycles. The number of hydrogen-bond donors (Lipinski definition) is 1. The van der Waals surface area contributed by atoms with Crippen LogP contribution in [0.2, 0.25) is 0 Å². The summed E-state index contributed by atoms with van der Waals surface area (Å²) in [5, 5.41) is 1.82. The van der Waals surface area contributed by atoms with Crippen molar-refractivity contribution in [3.63, 3.8) is 0 Å². The molecule has 1 aromatic heterocycles. The molecule has 4 nitrogen and oxygen atoms in total. The van der Waals surface area contributed by atoms with E-state index in [2.05, 4.69) is 11.1 Å². The van der Waals surface area contributed by atoms with E-state index < -0.39 is 0 Å². The molecule has 0 saturated carbocycles. The summed E-state index contributed by atoms with van der Waals surface area (Å²) in [4.78, 5) is 27.5. The van der Waals surface area contributed by atoms with Crippen molar-refractivity contribution in [3.8, 4) is 11.3 Å². The zero-order chi connectivity index (χ0) is 13.6. The normalized spacial score (nSPS) is 17.6. The Kier molecular flexibility index (Phi) is 2.78. The van der Waals surface area contributed by atoms with E-state index in [4.69, 9.17) is 0 Å². The van der Waals surface area contributed by atoms with E-state index in [1.54, 1.807) is 6.92 Å². The summed E-state index contributed by atoms with van der Waals surface area (Å²) in [7, 11) is 0. The maximum absolute atomic E-state index is 11.7. The lowest BCUT2D eigenvalue weighted by Gasteiger charge is -2.20. The molecular formula is C14H14N2O2S. The Balaban J connectivity index is 2.05. The molecule has 5 heteroatoms. The number of carbonyl (C=O) groups excluding carboxylic acids is 1. The number of benzene rings is 1. The molecule has 1 atom stereocenters. The summed E-state index contributed by atoms with van der Waals surface area (Å²) in [6.45, 7) is 3.64. The van der Waals surface area contributed by atoms with Gasteiger partial charge in [0.1, 0.15) is 0 Å². The van der Waals surface area contributed by atoms with E-state index >= 15 is 0 Å². The van der Waals surface area contributed by atoms with Gasteiger partial charge in [-0.05, 0) is 36.6 Å². The van der Waals surface area contributed by atoms with Crippen LogP contribution < -0.4 is 9.77 Å². The third-order valence-corrected chi connectivity index (χ3v) is 4.14. The molecule has 1 N–H and O–H groups in total. The van der Waals surface area contributed by atoms with Gasteiger partial charge in [-0.3, -0.25) is 9.59 Å². The maximum Gasteiger partial charge on any atom is 0.304 e. The Hall–Kier alpha value is -1.88. The van der Waals surface area contributed by atoms with Crippen LogP contribution in [0.5, 0.6) is 0 Å². The van der Waals surface area contributed by atoms with Crippen molar-refractivity contribution < 1.29 is 4.79 Å². The summed E-state index contributed by atoms with van der Waals surface area (Å²) in [5.74, 6) is 0.0722. The average Bonchev–Trinajstić information content (AvgIpc) is 2.90. The average molecular weight is 274 g/mol. The molecule has 3 rings (SSSR count). The van der Waals surface area contributed by atoms with Crippen molar-refractivity contribution in [2.24, 2.45) is 0 Å². The predicted octanol–water partition coefficient (Wildman–Crippen LogP) is 2.40. The molecule has 0 saturated heterocycles. The lowest BCUT2D eigenvalue weighted by Crippen LogP contribution is -2.33. The number of amides is 1. The van der Waals surface area contributed by atoms with Crippen LogP contribution >= 0.6 is 11.3 Å². The second-order valence-electron chi connectivity index (χ2n) is 4.85. The Morgan fingerprint density at radius 1 is 1.47 bits per heavy atom. The van der Waals surface area contributed by atoms with E-state index in [1.165, 1.54) is 0 Å². The van der Waals surface area contributed by atoms with E-state index in [0.717, 1.165) is 40.3 Å². The molecule has 0 spiro atoms. The van der Waals surface area contributed by atoms with Crippen LogP contribution in [0.1, 0.15) is 19.4 Å². The first-order valence-corrected chi connectivity index (χ1v) is 7.05. The molecule has 0 aliphatic carbocycles. The molecule has 19 heavy (non-hydrogen) atoms. The number of H-pyrrole nitrogens is 1. The number of nitrogens with one attached hydrogen (secondary N) is 1. The molecule has 98 valence electrons. The van der Waals surface area contributed by atoms with Gasteiger partial charge in [-0.2, -0.15) is 0 Å². The monoisotopic (exact) mass is 274 g/mol. The first-order valence-electron chi connectivity index (χ1n) is 6.17. The van der Waals surface area contributed by atoms with Crippen molar-refractivity contribution >= 4 is 22.9 Å². The Labute approximate surface area is 114 Å². The first-order chi connectivity index (χ1) is 9.06. The van der Waals surface area contributed by atoms with Gasteiger partial charge in [0.15, 0.2) is 0 Å². The minimum absolute atomic E-state index is 0.0470. The second kappa shape index (κ2) is 4.35. The van der Waals surface area contributed by atoms with E-state index in [-0.39, 0.29) is 16.8 Å². The van der Waals surface area contributed by atoms with Gasteiger partial charge in [0.25, 0.3) is 0 Å². The van der Waals surface area contributed by atoms with E-state index in [9.17, 15) is 9.59 Å². The highest BCUT2D eigenvalue weighted by molar-refractivity contribution is 7.07.